The molecule has 4 rings (SSSR count). The van der Waals surface area contributed by atoms with E-state index in [0.29, 0.717) is 11.4 Å². The minimum absolute atomic E-state index is 0.256. The minimum Gasteiger partial charge on any atom is -0.495 e. The van der Waals surface area contributed by atoms with E-state index in [0.717, 1.165) is 21.2 Å². The van der Waals surface area contributed by atoms with Crippen molar-refractivity contribution in [2.24, 2.45) is 0 Å². The van der Waals surface area contributed by atoms with E-state index in [-0.39, 0.29) is 11.5 Å². The number of nitrogens with two attached hydrogens (primary N) is 1. The highest BCUT2D eigenvalue weighted by Crippen LogP contribution is 2.47. The summed E-state index contributed by atoms with van der Waals surface area (Å²) in [6.45, 7) is -0.391. The molecule has 2 N–H and O–H groups in total. The van der Waals surface area contributed by atoms with Crippen LogP contribution in [0.4, 0.5) is 17.1 Å². The Labute approximate surface area is 172 Å². The van der Waals surface area contributed by atoms with E-state index >= 15 is 0 Å². The number of fused-ring (bicyclic) bond motifs is 2. The molecule has 0 unspecified atom stereocenters. The molecular formula is C22H18N2O4S. The molecule has 0 aliphatic carbocycles. The molecule has 146 valence electrons. The molecule has 0 spiro atoms. The first-order chi connectivity index (χ1) is 14.1. The molecule has 29 heavy (non-hydrogen) atoms. The van der Waals surface area contributed by atoms with Gasteiger partial charge in [0, 0.05) is 9.79 Å². The lowest BCUT2D eigenvalue weighted by Gasteiger charge is -2.30. The summed E-state index contributed by atoms with van der Waals surface area (Å²) in [7, 11) is 1.49. The lowest BCUT2D eigenvalue weighted by molar-refractivity contribution is -0.121. The maximum atomic E-state index is 13.0. The summed E-state index contributed by atoms with van der Waals surface area (Å²) in [5.74, 6) is -0.489. The topological polar surface area (TPSA) is 81.9 Å². The Balaban J connectivity index is 1.55. The number of ether oxygens (including phenoxy) is 2. The van der Waals surface area contributed by atoms with Gasteiger partial charge in [-0.2, -0.15) is 0 Å². The predicted molar refractivity (Wildman–Crippen MR) is 112 cm³/mol. The van der Waals surface area contributed by atoms with Gasteiger partial charge in [0.25, 0.3) is 5.91 Å². The number of carbonyl (C=O) groups excluding carboxylic acids is 2. The zero-order valence-electron chi connectivity index (χ0n) is 15.6. The highest BCUT2D eigenvalue weighted by Gasteiger charge is 2.28. The zero-order chi connectivity index (χ0) is 20.4. The Morgan fingerprint density at radius 3 is 2.17 bits per heavy atom. The summed E-state index contributed by atoms with van der Waals surface area (Å²) in [5, 5.41) is 0. The smallest absolute Gasteiger partial charge is 0.338 e. The molecule has 0 fully saturated rings. The first kappa shape index (κ1) is 18.9. The van der Waals surface area contributed by atoms with E-state index in [9.17, 15) is 9.59 Å². The summed E-state index contributed by atoms with van der Waals surface area (Å²) in [4.78, 5) is 28.9. The van der Waals surface area contributed by atoms with Crippen LogP contribution < -0.4 is 15.4 Å². The molecule has 0 saturated heterocycles. The van der Waals surface area contributed by atoms with Crippen molar-refractivity contribution in [2.45, 2.75) is 9.79 Å². The molecule has 0 aromatic heterocycles. The van der Waals surface area contributed by atoms with Gasteiger partial charge in [0.15, 0.2) is 6.61 Å². The average Bonchev–Trinajstić information content (AvgIpc) is 2.75. The molecule has 1 heterocycles. The molecule has 6 nitrogen and oxygen atoms in total. The molecule has 1 aliphatic heterocycles. The van der Waals surface area contributed by atoms with Crippen LogP contribution in [0.3, 0.4) is 0 Å². The van der Waals surface area contributed by atoms with Crippen LogP contribution in [0.5, 0.6) is 5.75 Å². The van der Waals surface area contributed by atoms with Crippen LogP contribution in [0.15, 0.2) is 76.5 Å². The maximum absolute atomic E-state index is 13.0. The summed E-state index contributed by atoms with van der Waals surface area (Å²) >= 11 is 1.60. The molecule has 0 bridgehead atoms. The van der Waals surface area contributed by atoms with Gasteiger partial charge in [0.2, 0.25) is 0 Å². The van der Waals surface area contributed by atoms with Crippen molar-refractivity contribution in [2.75, 3.05) is 24.4 Å². The Hall–Kier alpha value is -3.45. The third-order valence-corrected chi connectivity index (χ3v) is 5.60. The molecule has 0 saturated carbocycles. The number of para-hydroxylation sites is 2. The van der Waals surface area contributed by atoms with Crippen molar-refractivity contribution < 1.29 is 19.1 Å². The minimum atomic E-state index is -0.624. The second-order valence-electron chi connectivity index (χ2n) is 6.30. The van der Waals surface area contributed by atoms with Gasteiger partial charge in [0.1, 0.15) is 5.75 Å². The Morgan fingerprint density at radius 1 is 0.966 bits per heavy atom. The van der Waals surface area contributed by atoms with E-state index < -0.39 is 12.6 Å². The first-order valence-corrected chi connectivity index (χ1v) is 9.69. The number of esters is 1. The van der Waals surface area contributed by atoms with Gasteiger partial charge in [-0.3, -0.25) is 9.69 Å². The lowest BCUT2D eigenvalue weighted by atomic mass is 10.2. The van der Waals surface area contributed by atoms with E-state index in [1.54, 1.807) is 28.8 Å². The normalized spacial score (nSPS) is 12.0. The van der Waals surface area contributed by atoms with Gasteiger partial charge in [-0.1, -0.05) is 36.0 Å². The Kier molecular flexibility index (Phi) is 5.14. The molecule has 1 aliphatic rings. The van der Waals surface area contributed by atoms with E-state index in [4.69, 9.17) is 15.2 Å². The van der Waals surface area contributed by atoms with Crippen molar-refractivity contribution in [1.29, 1.82) is 0 Å². The molecule has 3 aromatic carbocycles. The number of amides is 1. The number of anilines is 3. The summed E-state index contributed by atoms with van der Waals surface area (Å²) in [6, 6.07) is 19.9. The molecule has 3 aromatic rings. The van der Waals surface area contributed by atoms with Crippen molar-refractivity contribution in [3.05, 3.63) is 72.3 Å². The molecular weight excluding hydrogens is 388 g/mol. The number of carbonyl (C=O) groups is 2. The molecule has 0 radical (unpaired) electrons. The van der Waals surface area contributed by atoms with Crippen molar-refractivity contribution in [3.63, 3.8) is 0 Å². The van der Waals surface area contributed by atoms with Crippen LogP contribution in [0.25, 0.3) is 0 Å². The van der Waals surface area contributed by atoms with Crippen molar-refractivity contribution in [1.82, 2.24) is 0 Å². The maximum Gasteiger partial charge on any atom is 0.338 e. The highest BCUT2D eigenvalue weighted by molar-refractivity contribution is 7.99. The van der Waals surface area contributed by atoms with Crippen LogP contribution >= 0.6 is 11.8 Å². The summed E-state index contributed by atoms with van der Waals surface area (Å²) in [5.41, 5.74) is 7.96. The van der Waals surface area contributed by atoms with Gasteiger partial charge in [-0.15, -0.1) is 0 Å². The van der Waals surface area contributed by atoms with Crippen molar-refractivity contribution in [3.8, 4) is 5.75 Å². The largest absolute Gasteiger partial charge is 0.495 e. The quantitative estimate of drug-likeness (QED) is 0.515. The van der Waals surface area contributed by atoms with Crippen LogP contribution in [0.2, 0.25) is 0 Å². The van der Waals surface area contributed by atoms with Crippen molar-refractivity contribution >= 4 is 40.7 Å². The monoisotopic (exact) mass is 406 g/mol. The molecule has 1 amide bonds. The van der Waals surface area contributed by atoms with Crippen LogP contribution in [0.1, 0.15) is 10.4 Å². The van der Waals surface area contributed by atoms with Crippen LogP contribution in [-0.2, 0) is 9.53 Å². The fourth-order valence-electron chi connectivity index (χ4n) is 3.11. The number of hydrogen-bond donors (Lipinski definition) is 1. The number of nitrogen functional groups attached to an aromatic ring is 1. The lowest BCUT2D eigenvalue weighted by Crippen LogP contribution is -2.32. The van der Waals surface area contributed by atoms with Crippen LogP contribution in [-0.4, -0.2) is 25.6 Å². The number of benzene rings is 3. The third-order valence-electron chi connectivity index (χ3n) is 4.47. The number of hydrogen-bond acceptors (Lipinski definition) is 6. The Morgan fingerprint density at radius 2 is 1.59 bits per heavy atom. The zero-order valence-corrected chi connectivity index (χ0v) is 16.4. The molecule has 7 heteroatoms. The SMILES string of the molecule is COc1ccc(C(=O)OCC(=O)N2c3ccccc3Sc3ccccc32)cc1N. The molecule has 0 atom stereocenters. The number of methoxy groups -OCH3 is 1. The van der Waals surface area contributed by atoms with Crippen LogP contribution in [0, 0.1) is 0 Å². The Bertz CT molecular complexity index is 1050. The third kappa shape index (κ3) is 3.64. The highest BCUT2D eigenvalue weighted by atomic mass is 32.2. The van der Waals surface area contributed by atoms with Gasteiger partial charge < -0.3 is 15.2 Å². The average molecular weight is 406 g/mol. The van der Waals surface area contributed by atoms with Gasteiger partial charge in [0.05, 0.1) is 29.7 Å². The number of nitrogens with zero attached hydrogens (tertiary/aromatic N) is 1. The van der Waals surface area contributed by atoms with Gasteiger partial charge >= 0.3 is 5.97 Å². The standard InChI is InChI=1S/C22H18N2O4S/c1-27-18-11-10-14(12-15(18)23)22(26)28-13-21(25)24-16-6-2-4-8-19(16)29-20-9-5-3-7-17(20)24/h2-12H,13,23H2,1H3. The number of rotatable bonds is 4. The summed E-state index contributed by atoms with van der Waals surface area (Å²) in [6.07, 6.45) is 0. The summed E-state index contributed by atoms with van der Waals surface area (Å²) < 4.78 is 10.4. The second kappa shape index (κ2) is 7.89. The fraction of sp³-hybridized carbons (Fsp3) is 0.0909. The fourth-order valence-corrected chi connectivity index (χ4v) is 4.17. The van der Waals surface area contributed by atoms with Gasteiger partial charge in [-0.05, 0) is 42.5 Å². The van der Waals surface area contributed by atoms with E-state index in [1.165, 1.54) is 13.2 Å². The van der Waals surface area contributed by atoms with E-state index in [2.05, 4.69) is 0 Å². The first-order valence-electron chi connectivity index (χ1n) is 8.88. The predicted octanol–water partition coefficient (Wildman–Crippen LogP) is 4.26. The van der Waals surface area contributed by atoms with E-state index in [1.807, 2.05) is 48.5 Å². The van der Waals surface area contributed by atoms with Gasteiger partial charge in [-0.25, -0.2) is 4.79 Å². The second-order valence-corrected chi connectivity index (χ2v) is 7.38.